The highest BCUT2D eigenvalue weighted by molar-refractivity contribution is 9.10. The molecule has 0 saturated carbocycles. The molecule has 0 heterocycles. The standard InChI is InChI=1S/C16H18BrNO/c1-12-10-14(17)8-9-15(12)18-11-16(2,19)13-6-4-3-5-7-13/h3-10,18-19H,11H2,1-2H3. The molecule has 0 aromatic heterocycles. The average Bonchev–Trinajstić information content (AvgIpc) is 2.39. The van der Waals surface area contributed by atoms with Gasteiger partial charge >= 0.3 is 0 Å². The van der Waals surface area contributed by atoms with Gasteiger partial charge in [-0.3, -0.25) is 0 Å². The quantitative estimate of drug-likeness (QED) is 0.890. The molecule has 0 saturated heterocycles. The van der Waals surface area contributed by atoms with E-state index < -0.39 is 5.60 Å². The molecule has 2 aromatic rings. The molecule has 0 aliphatic heterocycles. The van der Waals surface area contributed by atoms with Gasteiger partial charge in [0.25, 0.3) is 0 Å². The summed E-state index contributed by atoms with van der Waals surface area (Å²) in [5.41, 5.74) is 2.22. The zero-order valence-corrected chi connectivity index (χ0v) is 12.7. The molecule has 0 spiro atoms. The predicted molar refractivity (Wildman–Crippen MR) is 83.4 cm³/mol. The number of aliphatic hydroxyl groups is 1. The summed E-state index contributed by atoms with van der Waals surface area (Å²) in [4.78, 5) is 0. The van der Waals surface area contributed by atoms with Crippen molar-refractivity contribution in [2.24, 2.45) is 0 Å². The zero-order valence-electron chi connectivity index (χ0n) is 11.2. The van der Waals surface area contributed by atoms with Crippen LogP contribution in [0.2, 0.25) is 0 Å². The average molecular weight is 320 g/mol. The molecule has 100 valence electrons. The molecule has 1 unspecified atom stereocenters. The first-order valence-corrected chi connectivity index (χ1v) is 7.06. The van der Waals surface area contributed by atoms with E-state index in [4.69, 9.17) is 0 Å². The van der Waals surface area contributed by atoms with Crippen molar-refractivity contribution in [2.45, 2.75) is 19.4 Å². The molecule has 2 rings (SSSR count). The number of hydrogen-bond acceptors (Lipinski definition) is 2. The van der Waals surface area contributed by atoms with Crippen LogP contribution in [-0.2, 0) is 5.60 Å². The van der Waals surface area contributed by atoms with Crippen molar-refractivity contribution < 1.29 is 5.11 Å². The summed E-state index contributed by atoms with van der Waals surface area (Å²) in [7, 11) is 0. The SMILES string of the molecule is Cc1cc(Br)ccc1NCC(C)(O)c1ccccc1. The lowest BCUT2D eigenvalue weighted by Crippen LogP contribution is -2.30. The summed E-state index contributed by atoms with van der Waals surface area (Å²) in [5, 5.41) is 13.8. The summed E-state index contributed by atoms with van der Waals surface area (Å²) in [6, 6.07) is 15.8. The van der Waals surface area contributed by atoms with Crippen molar-refractivity contribution >= 4 is 21.6 Å². The number of halogens is 1. The molecule has 2 nitrogen and oxygen atoms in total. The van der Waals surface area contributed by atoms with Gasteiger partial charge in [-0.25, -0.2) is 0 Å². The molecular weight excluding hydrogens is 302 g/mol. The van der Waals surface area contributed by atoms with Crippen molar-refractivity contribution in [1.82, 2.24) is 0 Å². The van der Waals surface area contributed by atoms with Crippen molar-refractivity contribution in [2.75, 3.05) is 11.9 Å². The van der Waals surface area contributed by atoms with Crippen LogP contribution in [0.3, 0.4) is 0 Å². The van der Waals surface area contributed by atoms with Gasteiger partial charge in [0.15, 0.2) is 0 Å². The first kappa shape index (κ1) is 14.1. The van der Waals surface area contributed by atoms with Gasteiger partial charge in [0, 0.05) is 16.7 Å². The zero-order chi connectivity index (χ0) is 13.9. The minimum Gasteiger partial charge on any atom is -0.384 e. The van der Waals surface area contributed by atoms with Gasteiger partial charge < -0.3 is 10.4 Å². The Labute approximate surface area is 122 Å². The Hall–Kier alpha value is -1.32. The highest BCUT2D eigenvalue weighted by Gasteiger charge is 2.22. The highest BCUT2D eigenvalue weighted by Crippen LogP contribution is 2.24. The molecule has 0 amide bonds. The number of benzene rings is 2. The molecule has 0 aliphatic carbocycles. The minimum atomic E-state index is -0.888. The third-order valence-electron chi connectivity index (χ3n) is 3.21. The molecule has 0 bridgehead atoms. The van der Waals surface area contributed by atoms with Crippen LogP contribution >= 0.6 is 15.9 Å². The van der Waals surface area contributed by atoms with E-state index >= 15 is 0 Å². The van der Waals surface area contributed by atoms with Crippen LogP contribution in [0.1, 0.15) is 18.1 Å². The monoisotopic (exact) mass is 319 g/mol. The van der Waals surface area contributed by atoms with Crippen LogP contribution in [0.25, 0.3) is 0 Å². The van der Waals surface area contributed by atoms with E-state index in [1.165, 1.54) is 0 Å². The molecular formula is C16H18BrNO. The molecule has 1 atom stereocenters. The lowest BCUT2D eigenvalue weighted by atomic mass is 9.96. The molecule has 3 heteroatoms. The summed E-state index contributed by atoms with van der Waals surface area (Å²) in [5.74, 6) is 0. The summed E-state index contributed by atoms with van der Waals surface area (Å²) in [6.07, 6.45) is 0. The Kier molecular flexibility index (Phi) is 4.27. The smallest absolute Gasteiger partial charge is 0.104 e. The van der Waals surface area contributed by atoms with Crippen LogP contribution in [0.5, 0.6) is 0 Å². The number of anilines is 1. The third kappa shape index (κ3) is 3.58. The second-order valence-electron chi connectivity index (χ2n) is 4.95. The van der Waals surface area contributed by atoms with Crippen LogP contribution in [0, 0.1) is 6.92 Å². The molecule has 0 radical (unpaired) electrons. The second kappa shape index (κ2) is 5.76. The van der Waals surface area contributed by atoms with Gasteiger partial charge in [0.1, 0.15) is 5.60 Å². The highest BCUT2D eigenvalue weighted by atomic mass is 79.9. The normalized spacial score (nSPS) is 13.9. The molecule has 0 fully saturated rings. The fourth-order valence-electron chi connectivity index (χ4n) is 1.99. The minimum absolute atomic E-state index is 0.472. The second-order valence-corrected chi connectivity index (χ2v) is 5.87. The third-order valence-corrected chi connectivity index (χ3v) is 3.70. The Morgan fingerprint density at radius 2 is 1.84 bits per heavy atom. The van der Waals surface area contributed by atoms with Crippen LogP contribution in [-0.4, -0.2) is 11.7 Å². The number of rotatable bonds is 4. The van der Waals surface area contributed by atoms with Gasteiger partial charge in [0.05, 0.1) is 0 Å². The maximum absolute atomic E-state index is 10.5. The number of nitrogens with one attached hydrogen (secondary N) is 1. The van der Waals surface area contributed by atoms with Crippen molar-refractivity contribution in [3.63, 3.8) is 0 Å². The fraction of sp³-hybridized carbons (Fsp3) is 0.250. The van der Waals surface area contributed by atoms with Crippen LogP contribution in [0.4, 0.5) is 5.69 Å². The van der Waals surface area contributed by atoms with E-state index in [1.807, 2.05) is 56.3 Å². The van der Waals surface area contributed by atoms with Gasteiger partial charge in [-0.15, -0.1) is 0 Å². The first-order chi connectivity index (χ1) is 8.99. The maximum atomic E-state index is 10.5. The van der Waals surface area contributed by atoms with E-state index in [9.17, 15) is 5.11 Å². The topological polar surface area (TPSA) is 32.3 Å². The van der Waals surface area contributed by atoms with Crippen LogP contribution in [0.15, 0.2) is 53.0 Å². The van der Waals surface area contributed by atoms with Gasteiger partial charge in [0.2, 0.25) is 0 Å². The Bertz CT molecular complexity index is 552. The molecule has 2 N–H and O–H groups in total. The van der Waals surface area contributed by atoms with Gasteiger partial charge in [-0.05, 0) is 43.2 Å². The predicted octanol–water partition coefficient (Wildman–Crippen LogP) is 4.08. The fourth-order valence-corrected chi connectivity index (χ4v) is 2.47. The van der Waals surface area contributed by atoms with E-state index in [2.05, 4.69) is 27.3 Å². The summed E-state index contributed by atoms with van der Waals surface area (Å²) >= 11 is 3.45. The van der Waals surface area contributed by atoms with Gasteiger partial charge in [-0.1, -0.05) is 46.3 Å². The first-order valence-electron chi connectivity index (χ1n) is 6.27. The largest absolute Gasteiger partial charge is 0.384 e. The van der Waals surface area contributed by atoms with Crippen molar-refractivity contribution in [1.29, 1.82) is 0 Å². The summed E-state index contributed by atoms with van der Waals surface area (Å²) in [6.45, 7) is 4.34. The summed E-state index contributed by atoms with van der Waals surface area (Å²) < 4.78 is 1.06. The van der Waals surface area contributed by atoms with E-state index in [0.717, 1.165) is 21.3 Å². The number of aryl methyl sites for hydroxylation is 1. The van der Waals surface area contributed by atoms with Crippen molar-refractivity contribution in [3.05, 3.63) is 64.1 Å². The number of hydrogen-bond donors (Lipinski definition) is 2. The molecule has 2 aromatic carbocycles. The van der Waals surface area contributed by atoms with Crippen LogP contribution < -0.4 is 5.32 Å². The van der Waals surface area contributed by atoms with Gasteiger partial charge in [-0.2, -0.15) is 0 Å². The van der Waals surface area contributed by atoms with E-state index in [-0.39, 0.29) is 0 Å². The van der Waals surface area contributed by atoms with E-state index in [1.54, 1.807) is 0 Å². The van der Waals surface area contributed by atoms with Crippen molar-refractivity contribution in [3.8, 4) is 0 Å². The Morgan fingerprint density at radius 3 is 2.47 bits per heavy atom. The Morgan fingerprint density at radius 1 is 1.16 bits per heavy atom. The lowest BCUT2D eigenvalue weighted by molar-refractivity contribution is 0.0715. The molecule has 19 heavy (non-hydrogen) atoms. The lowest BCUT2D eigenvalue weighted by Gasteiger charge is -2.25. The Balaban J connectivity index is 2.09. The van der Waals surface area contributed by atoms with E-state index in [0.29, 0.717) is 6.54 Å². The molecule has 0 aliphatic rings. The maximum Gasteiger partial charge on any atom is 0.104 e.